The first-order chi connectivity index (χ1) is 9.40. The molecule has 1 N–H and O–H groups in total. The van der Waals surface area contributed by atoms with E-state index in [0.717, 1.165) is 5.56 Å². The smallest absolute Gasteiger partial charge is 0.146 e. The fraction of sp³-hybridized carbons (Fsp3) is 0.143. The summed E-state index contributed by atoms with van der Waals surface area (Å²) in [7, 11) is 0. The normalized spacial score (nSPS) is 12.3. The molecule has 1 unspecified atom stereocenters. The number of rotatable bonds is 3. The molecule has 0 aliphatic heterocycles. The Morgan fingerprint density at radius 1 is 1.00 bits per heavy atom. The number of nitrogens with one attached hydrogen (secondary N) is 1. The topological polar surface area (TPSA) is 12.0 Å². The van der Waals surface area contributed by atoms with Crippen molar-refractivity contribution >= 4 is 52.1 Å². The van der Waals surface area contributed by atoms with Gasteiger partial charge in [-0.05, 0) is 36.8 Å². The molecule has 0 aliphatic carbocycles. The SMILES string of the molecule is CC(Nc1cc(Cl)ccc1F)c1ccc(Cl)c(Cl)c1Cl. The zero-order chi connectivity index (χ0) is 14.9. The molecule has 0 spiro atoms. The highest BCUT2D eigenvalue weighted by Crippen LogP contribution is 2.36. The second-order valence-corrected chi connectivity index (χ2v) is 5.85. The van der Waals surface area contributed by atoms with Gasteiger partial charge in [0.05, 0.1) is 26.8 Å². The van der Waals surface area contributed by atoms with Gasteiger partial charge in [0.2, 0.25) is 0 Å². The van der Waals surface area contributed by atoms with E-state index < -0.39 is 5.82 Å². The molecular formula is C14H10Cl4FN. The summed E-state index contributed by atoms with van der Waals surface area (Å²) in [5.74, 6) is -0.391. The minimum Gasteiger partial charge on any atom is -0.376 e. The van der Waals surface area contributed by atoms with E-state index >= 15 is 0 Å². The molecule has 0 bridgehead atoms. The summed E-state index contributed by atoms with van der Waals surface area (Å²) in [6.07, 6.45) is 0. The van der Waals surface area contributed by atoms with Crippen molar-refractivity contribution < 1.29 is 4.39 Å². The van der Waals surface area contributed by atoms with Crippen LogP contribution in [0.15, 0.2) is 30.3 Å². The van der Waals surface area contributed by atoms with Crippen LogP contribution in [-0.4, -0.2) is 0 Å². The van der Waals surface area contributed by atoms with Crippen LogP contribution in [0.1, 0.15) is 18.5 Å². The lowest BCUT2D eigenvalue weighted by Gasteiger charge is -2.18. The summed E-state index contributed by atoms with van der Waals surface area (Å²) >= 11 is 23.9. The molecule has 0 aromatic heterocycles. The van der Waals surface area contributed by atoms with Crippen LogP contribution in [0.5, 0.6) is 0 Å². The second kappa shape index (κ2) is 6.40. The Bertz CT molecular complexity index is 645. The molecule has 0 saturated carbocycles. The van der Waals surface area contributed by atoms with E-state index in [0.29, 0.717) is 20.8 Å². The van der Waals surface area contributed by atoms with Crippen LogP contribution in [0.25, 0.3) is 0 Å². The molecule has 0 saturated heterocycles. The van der Waals surface area contributed by atoms with Gasteiger partial charge in [0.25, 0.3) is 0 Å². The lowest BCUT2D eigenvalue weighted by atomic mass is 10.1. The maximum absolute atomic E-state index is 13.7. The van der Waals surface area contributed by atoms with Gasteiger partial charge in [0, 0.05) is 5.02 Å². The van der Waals surface area contributed by atoms with Crippen molar-refractivity contribution in [2.24, 2.45) is 0 Å². The Kier molecular flexibility index (Phi) is 5.03. The average Bonchev–Trinajstić information content (AvgIpc) is 2.40. The van der Waals surface area contributed by atoms with Gasteiger partial charge in [-0.2, -0.15) is 0 Å². The Hall–Kier alpha value is -0.670. The molecule has 2 rings (SSSR count). The maximum atomic E-state index is 13.7. The van der Waals surface area contributed by atoms with Crippen LogP contribution in [0, 0.1) is 5.82 Å². The molecule has 0 heterocycles. The maximum Gasteiger partial charge on any atom is 0.146 e. The van der Waals surface area contributed by atoms with Crippen molar-refractivity contribution in [3.8, 4) is 0 Å². The van der Waals surface area contributed by atoms with Crippen LogP contribution in [0.3, 0.4) is 0 Å². The van der Waals surface area contributed by atoms with Gasteiger partial charge in [-0.3, -0.25) is 0 Å². The number of halogens is 5. The highest BCUT2D eigenvalue weighted by molar-refractivity contribution is 6.48. The van der Waals surface area contributed by atoms with Crippen LogP contribution in [0.2, 0.25) is 20.1 Å². The monoisotopic (exact) mass is 351 g/mol. The summed E-state index contributed by atoms with van der Waals surface area (Å²) in [5, 5.41) is 4.46. The molecule has 0 fully saturated rings. The van der Waals surface area contributed by atoms with Gasteiger partial charge in [0.1, 0.15) is 5.82 Å². The third kappa shape index (κ3) is 3.32. The summed E-state index contributed by atoms with van der Waals surface area (Å²) in [5.41, 5.74) is 1.02. The zero-order valence-corrected chi connectivity index (χ0v) is 13.4. The van der Waals surface area contributed by atoms with Gasteiger partial charge in [0.15, 0.2) is 0 Å². The Morgan fingerprint density at radius 3 is 2.40 bits per heavy atom. The third-order valence-electron chi connectivity index (χ3n) is 2.83. The van der Waals surface area contributed by atoms with Crippen molar-refractivity contribution in [1.29, 1.82) is 0 Å². The first-order valence-electron chi connectivity index (χ1n) is 5.75. The highest BCUT2D eigenvalue weighted by Gasteiger charge is 2.15. The van der Waals surface area contributed by atoms with Gasteiger partial charge in [-0.1, -0.05) is 52.5 Å². The van der Waals surface area contributed by atoms with Gasteiger partial charge in [-0.15, -0.1) is 0 Å². The number of hydrogen-bond acceptors (Lipinski definition) is 1. The molecule has 6 heteroatoms. The van der Waals surface area contributed by atoms with Crippen molar-refractivity contribution in [2.75, 3.05) is 5.32 Å². The van der Waals surface area contributed by atoms with Crippen molar-refractivity contribution in [1.82, 2.24) is 0 Å². The Morgan fingerprint density at radius 2 is 1.70 bits per heavy atom. The predicted octanol–water partition coefficient (Wildman–Crippen LogP) is 6.61. The van der Waals surface area contributed by atoms with E-state index in [-0.39, 0.29) is 11.1 Å². The van der Waals surface area contributed by atoms with Crippen LogP contribution < -0.4 is 5.32 Å². The molecule has 0 radical (unpaired) electrons. The highest BCUT2D eigenvalue weighted by atomic mass is 35.5. The fourth-order valence-corrected chi connectivity index (χ4v) is 2.67. The number of benzene rings is 2. The average molecular weight is 353 g/mol. The van der Waals surface area contributed by atoms with E-state index in [1.807, 2.05) is 6.92 Å². The van der Waals surface area contributed by atoms with E-state index in [2.05, 4.69) is 5.32 Å². The quantitative estimate of drug-likeness (QED) is 0.612. The lowest BCUT2D eigenvalue weighted by molar-refractivity contribution is 0.627. The third-order valence-corrected chi connectivity index (χ3v) is 4.38. The fourth-order valence-electron chi connectivity index (χ4n) is 1.79. The van der Waals surface area contributed by atoms with E-state index in [1.54, 1.807) is 12.1 Å². The Balaban J connectivity index is 2.31. The molecule has 0 aliphatic rings. The predicted molar refractivity (Wildman–Crippen MR) is 84.9 cm³/mol. The summed E-state index contributed by atoms with van der Waals surface area (Å²) in [6.45, 7) is 1.84. The summed E-state index contributed by atoms with van der Waals surface area (Å²) < 4.78 is 13.7. The molecule has 20 heavy (non-hydrogen) atoms. The molecule has 2 aromatic carbocycles. The minimum atomic E-state index is -0.391. The molecule has 106 valence electrons. The van der Waals surface area contributed by atoms with Crippen LogP contribution >= 0.6 is 46.4 Å². The molecular weight excluding hydrogens is 343 g/mol. The van der Waals surface area contributed by atoms with E-state index in [1.165, 1.54) is 18.2 Å². The zero-order valence-electron chi connectivity index (χ0n) is 10.4. The first kappa shape index (κ1) is 15.7. The van der Waals surface area contributed by atoms with Gasteiger partial charge >= 0.3 is 0 Å². The first-order valence-corrected chi connectivity index (χ1v) is 7.26. The van der Waals surface area contributed by atoms with Crippen LogP contribution in [-0.2, 0) is 0 Å². The molecule has 2 aromatic rings. The number of anilines is 1. The van der Waals surface area contributed by atoms with Crippen molar-refractivity contribution in [2.45, 2.75) is 13.0 Å². The Labute approximate surface area is 136 Å². The molecule has 1 atom stereocenters. The van der Waals surface area contributed by atoms with Gasteiger partial charge in [-0.25, -0.2) is 4.39 Å². The van der Waals surface area contributed by atoms with Crippen molar-refractivity contribution in [3.63, 3.8) is 0 Å². The largest absolute Gasteiger partial charge is 0.376 e. The summed E-state index contributed by atoms with van der Waals surface area (Å²) in [6, 6.07) is 7.44. The second-order valence-electron chi connectivity index (χ2n) is 4.25. The van der Waals surface area contributed by atoms with E-state index in [4.69, 9.17) is 46.4 Å². The van der Waals surface area contributed by atoms with Crippen LogP contribution in [0.4, 0.5) is 10.1 Å². The molecule has 0 amide bonds. The lowest BCUT2D eigenvalue weighted by Crippen LogP contribution is -2.08. The minimum absolute atomic E-state index is 0.259. The summed E-state index contributed by atoms with van der Waals surface area (Å²) in [4.78, 5) is 0. The molecule has 1 nitrogen and oxygen atoms in total. The van der Waals surface area contributed by atoms with E-state index in [9.17, 15) is 4.39 Å². The standard InChI is InChI=1S/C14H10Cl4FN/c1-7(9-3-4-10(16)14(18)13(9)17)20-12-6-8(15)2-5-11(12)19/h2-7,20H,1H3. The number of hydrogen-bond donors (Lipinski definition) is 1. The van der Waals surface area contributed by atoms with Crippen molar-refractivity contribution in [3.05, 3.63) is 61.8 Å². The van der Waals surface area contributed by atoms with Gasteiger partial charge < -0.3 is 5.32 Å².